The van der Waals surface area contributed by atoms with Crippen LogP contribution < -0.4 is 19.9 Å². The maximum Gasteiger partial charge on any atom is 0.161 e. The minimum atomic E-state index is -0.227. The van der Waals surface area contributed by atoms with E-state index in [4.69, 9.17) is 19.9 Å². The first-order valence-corrected chi connectivity index (χ1v) is 7.83. The molecule has 4 nitrogen and oxygen atoms in total. The first-order valence-electron chi connectivity index (χ1n) is 6.95. The summed E-state index contributed by atoms with van der Waals surface area (Å²) >= 11 is 1.60. The van der Waals surface area contributed by atoms with Gasteiger partial charge >= 0.3 is 0 Å². The molecule has 2 N–H and O–H groups in total. The van der Waals surface area contributed by atoms with Gasteiger partial charge in [-0.25, -0.2) is 0 Å². The Morgan fingerprint density at radius 1 is 1.24 bits per heavy atom. The fourth-order valence-electron chi connectivity index (χ4n) is 2.32. The molecule has 0 saturated carbocycles. The van der Waals surface area contributed by atoms with Crippen molar-refractivity contribution < 1.29 is 14.2 Å². The van der Waals surface area contributed by atoms with Crippen LogP contribution in [-0.2, 0) is 0 Å². The fraction of sp³-hybridized carbons (Fsp3) is 0.375. The highest BCUT2D eigenvalue weighted by Gasteiger charge is 2.20. The number of hydrogen-bond donors (Lipinski definition) is 1. The molecule has 2 heterocycles. The number of rotatable bonds is 3. The van der Waals surface area contributed by atoms with Crippen molar-refractivity contribution in [3.05, 3.63) is 40.1 Å². The van der Waals surface area contributed by atoms with E-state index in [-0.39, 0.29) is 6.04 Å². The van der Waals surface area contributed by atoms with Crippen LogP contribution >= 0.6 is 11.3 Å². The summed E-state index contributed by atoms with van der Waals surface area (Å²) in [5.74, 6) is 2.76. The van der Waals surface area contributed by atoms with Gasteiger partial charge in [0.1, 0.15) is 5.75 Å². The highest BCUT2D eigenvalue weighted by atomic mass is 32.1. The standard InChI is InChI=1S/C16H19NO3S/c1-10-8-19-12-4-3-11(7-14(12)20-9-10)15(17)16-13(18-2)5-6-21-16/h3-7,10,15H,8-9,17H2,1-2H3. The van der Waals surface area contributed by atoms with Crippen LogP contribution in [0.1, 0.15) is 23.4 Å². The van der Waals surface area contributed by atoms with Crippen LogP contribution in [0.4, 0.5) is 0 Å². The quantitative estimate of drug-likeness (QED) is 0.946. The van der Waals surface area contributed by atoms with Gasteiger partial charge in [0.2, 0.25) is 0 Å². The third-order valence-electron chi connectivity index (χ3n) is 3.53. The SMILES string of the molecule is COc1ccsc1C(N)c1ccc2c(c1)OCC(C)CO2. The van der Waals surface area contributed by atoms with Crippen LogP contribution in [0.5, 0.6) is 17.2 Å². The average molecular weight is 305 g/mol. The van der Waals surface area contributed by atoms with E-state index in [2.05, 4.69) is 6.92 Å². The second kappa shape index (κ2) is 5.95. The predicted octanol–water partition coefficient (Wildman–Crippen LogP) is 3.21. The van der Waals surface area contributed by atoms with Gasteiger partial charge in [-0.15, -0.1) is 11.3 Å². The molecule has 2 unspecified atom stereocenters. The Hall–Kier alpha value is -1.72. The molecule has 0 fully saturated rings. The minimum absolute atomic E-state index is 0.227. The van der Waals surface area contributed by atoms with Crippen LogP contribution in [0, 0.1) is 5.92 Å². The zero-order chi connectivity index (χ0) is 14.8. The molecule has 0 aliphatic carbocycles. The van der Waals surface area contributed by atoms with Gasteiger partial charge in [0.15, 0.2) is 11.5 Å². The Morgan fingerprint density at radius 3 is 2.76 bits per heavy atom. The number of nitrogens with two attached hydrogens (primary N) is 1. The lowest BCUT2D eigenvalue weighted by Gasteiger charge is -2.15. The van der Waals surface area contributed by atoms with Crippen molar-refractivity contribution in [2.45, 2.75) is 13.0 Å². The van der Waals surface area contributed by atoms with E-state index in [1.165, 1.54) is 0 Å². The molecule has 2 atom stereocenters. The van der Waals surface area contributed by atoms with E-state index in [0.29, 0.717) is 19.1 Å². The molecule has 112 valence electrons. The summed E-state index contributed by atoms with van der Waals surface area (Å²) in [4.78, 5) is 1.01. The molecule has 21 heavy (non-hydrogen) atoms. The van der Waals surface area contributed by atoms with Crippen molar-refractivity contribution >= 4 is 11.3 Å². The van der Waals surface area contributed by atoms with Gasteiger partial charge in [0, 0.05) is 5.92 Å². The Morgan fingerprint density at radius 2 is 2.00 bits per heavy atom. The third kappa shape index (κ3) is 2.84. The van der Waals surface area contributed by atoms with Crippen molar-refractivity contribution in [3.8, 4) is 17.2 Å². The normalized spacial score (nSPS) is 18.9. The number of ether oxygens (including phenoxy) is 3. The van der Waals surface area contributed by atoms with Crippen molar-refractivity contribution in [1.82, 2.24) is 0 Å². The van der Waals surface area contributed by atoms with Gasteiger partial charge in [-0.2, -0.15) is 0 Å². The molecule has 2 aromatic rings. The number of thiophene rings is 1. The first kappa shape index (κ1) is 14.2. The van der Waals surface area contributed by atoms with Crippen LogP contribution in [0.3, 0.4) is 0 Å². The Kier molecular flexibility index (Phi) is 4.03. The molecular weight excluding hydrogens is 286 g/mol. The van der Waals surface area contributed by atoms with E-state index in [1.54, 1.807) is 18.4 Å². The van der Waals surface area contributed by atoms with Crippen LogP contribution in [0.15, 0.2) is 29.6 Å². The van der Waals surface area contributed by atoms with E-state index >= 15 is 0 Å². The third-order valence-corrected chi connectivity index (χ3v) is 4.51. The van der Waals surface area contributed by atoms with Crippen molar-refractivity contribution in [2.24, 2.45) is 11.7 Å². The van der Waals surface area contributed by atoms with Gasteiger partial charge < -0.3 is 19.9 Å². The number of methoxy groups -OCH3 is 1. The number of hydrogen-bond acceptors (Lipinski definition) is 5. The summed E-state index contributed by atoms with van der Waals surface area (Å²) in [6.45, 7) is 3.44. The van der Waals surface area contributed by atoms with Crippen molar-refractivity contribution in [2.75, 3.05) is 20.3 Å². The van der Waals surface area contributed by atoms with Crippen molar-refractivity contribution in [1.29, 1.82) is 0 Å². The summed E-state index contributed by atoms with van der Waals surface area (Å²) in [6.07, 6.45) is 0. The molecule has 0 saturated heterocycles. The summed E-state index contributed by atoms with van der Waals surface area (Å²) in [5, 5.41) is 1.98. The Labute approximate surface area is 128 Å². The maximum absolute atomic E-state index is 6.37. The largest absolute Gasteiger partial charge is 0.496 e. The second-order valence-corrected chi connectivity index (χ2v) is 6.21. The zero-order valence-corrected chi connectivity index (χ0v) is 13.0. The molecule has 1 aromatic heterocycles. The lowest BCUT2D eigenvalue weighted by atomic mass is 10.1. The van der Waals surface area contributed by atoms with E-state index in [9.17, 15) is 0 Å². The first-order chi connectivity index (χ1) is 10.2. The Balaban J connectivity index is 1.90. The highest BCUT2D eigenvalue weighted by molar-refractivity contribution is 7.10. The molecule has 0 spiro atoms. The van der Waals surface area contributed by atoms with Crippen LogP contribution in [0.25, 0.3) is 0 Å². The molecule has 3 rings (SSSR count). The summed E-state index contributed by atoms with van der Waals surface area (Å²) in [5.41, 5.74) is 7.36. The van der Waals surface area contributed by atoms with Crippen LogP contribution in [-0.4, -0.2) is 20.3 Å². The van der Waals surface area contributed by atoms with Gasteiger partial charge in [0.25, 0.3) is 0 Å². The summed E-state index contributed by atoms with van der Waals surface area (Å²) in [7, 11) is 1.66. The van der Waals surface area contributed by atoms with Gasteiger partial charge in [-0.1, -0.05) is 13.0 Å². The summed E-state index contributed by atoms with van der Waals surface area (Å²) < 4.78 is 16.9. The van der Waals surface area contributed by atoms with Crippen LogP contribution in [0.2, 0.25) is 0 Å². The average Bonchev–Trinajstić information content (AvgIpc) is 2.91. The summed E-state index contributed by atoms with van der Waals surface area (Å²) in [6, 6.07) is 7.60. The van der Waals surface area contributed by atoms with Gasteiger partial charge in [-0.3, -0.25) is 0 Å². The monoisotopic (exact) mass is 305 g/mol. The number of benzene rings is 1. The van der Waals surface area contributed by atoms with E-state index in [0.717, 1.165) is 27.7 Å². The maximum atomic E-state index is 6.37. The van der Waals surface area contributed by atoms with Crippen molar-refractivity contribution in [3.63, 3.8) is 0 Å². The van der Waals surface area contributed by atoms with Gasteiger partial charge in [-0.05, 0) is 29.1 Å². The Bertz CT molecular complexity index is 626. The highest BCUT2D eigenvalue weighted by Crippen LogP contribution is 2.37. The smallest absolute Gasteiger partial charge is 0.161 e. The fourth-order valence-corrected chi connectivity index (χ4v) is 3.21. The molecule has 0 radical (unpaired) electrons. The lowest BCUT2D eigenvalue weighted by Crippen LogP contribution is -2.12. The molecule has 1 aliphatic heterocycles. The zero-order valence-electron chi connectivity index (χ0n) is 12.2. The molecule has 0 amide bonds. The topological polar surface area (TPSA) is 53.7 Å². The second-order valence-electron chi connectivity index (χ2n) is 5.26. The molecule has 1 aliphatic rings. The predicted molar refractivity (Wildman–Crippen MR) is 83.5 cm³/mol. The molecule has 5 heteroatoms. The number of fused-ring (bicyclic) bond motifs is 1. The molecule has 0 bridgehead atoms. The van der Waals surface area contributed by atoms with E-state index < -0.39 is 0 Å². The minimum Gasteiger partial charge on any atom is -0.496 e. The lowest BCUT2D eigenvalue weighted by molar-refractivity contribution is 0.228. The van der Waals surface area contributed by atoms with Gasteiger partial charge in [0.05, 0.1) is 31.2 Å². The van der Waals surface area contributed by atoms with E-state index in [1.807, 2.05) is 29.6 Å². The molecule has 1 aromatic carbocycles. The molecular formula is C16H19NO3S.